The number of imidazole rings is 2. The van der Waals surface area contributed by atoms with Crippen LogP contribution in [0, 0.1) is 24.2 Å². The molecule has 0 bridgehead atoms. The van der Waals surface area contributed by atoms with Crippen molar-refractivity contribution in [2.75, 3.05) is 39.3 Å². The molecule has 0 radical (unpaired) electrons. The Bertz CT molecular complexity index is 2500. The predicted octanol–water partition coefficient (Wildman–Crippen LogP) is 8.53. The number of nitrogens with one attached hydrogen (secondary N) is 2. The molecule has 1 aliphatic heterocycles. The quantitative estimate of drug-likeness (QED) is 0.0951. The number of H-pyrrole nitrogens is 2. The molecule has 1 saturated heterocycles. The number of likely N-dealkylation sites (tertiary alicyclic amines) is 1. The summed E-state index contributed by atoms with van der Waals surface area (Å²) in [5.41, 5.74) is 8.03. The highest BCUT2D eigenvalue weighted by atomic mass is 16.2. The van der Waals surface area contributed by atoms with Crippen molar-refractivity contribution in [3.8, 4) is 35.4 Å². The second kappa shape index (κ2) is 20.2. The minimum absolute atomic E-state index is 0.00222. The van der Waals surface area contributed by atoms with Gasteiger partial charge in [0.1, 0.15) is 17.9 Å². The van der Waals surface area contributed by atoms with Crippen molar-refractivity contribution in [2.45, 2.75) is 71.6 Å². The minimum Gasteiger partial charge on any atom is -0.346 e. The van der Waals surface area contributed by atoms with Crippen LogP contribution in [-0.4, -0.2) is 90.6 Å². The first-order chi connectivity index (χ1) is 29.9. The van der Waals surface area contributed by atoms with Crippen molar-refractivity contribution in [2.24, 2.45) is 0 Å². The lowest BCUT2D eigenvalue weighted by molar-refractivity contribution is -0.139. The highest BCUT2D eigenvalue weighted by molar-refractivity contribution is 5.85. The third kappa shape index (κ3) is 9.63. The highest BCUT2D eigenvalue weighted by Gasteiger charge is 2.38. The molecule has 1 unspecified atom stereocenters. The van der Waals surface area contributed by atoms with E-state index in [-0.39, 0.29) is 23.9 Å². The summed E-state index contributed by atoms with van der Waals surface area (Å²) in [5.74, 6) is 10.2. The Morgan fingerprint density at radius 1 is 0.820 bits per heavy atom. The van der Waals surface area contributed by atoms with Crippen LogP contribution in [0.1, 0.15) is 98.9 Å². The van der Waals surface area contributed by atoms with Crippen LogP contribution in [0.3, 0.4) is 0 Å². The smallest absolute Gasteiger partial charge is 0.245 e. The van der Waals surface area contributed by atoms with Gasteiger partial charge in [-0.3, -0.25) is 19.4 Å². The number of terminal acetylenes is 1. The standard InChI is InChI=1S/C51H56N8O2/c1-6-11-31-58(50(60)48(56(7-2)8-3)39-21-14-12-15-22-39)35-45-54-42-30-29-38(34-43(42)55-45)28-27-37-20-18-25-41(33-37)46-47(53-36-52-46)44-26-19-32-59(44)51(61)49(57(9-4)10-5)40-23-16-13-17-24-40/h1,12-18,20-25,29-30,33-34,36,44,48-49H,7-11,19,26,31-32,35H2,2-5H3,(H,52,53)(H,54,55)/t44-,48+,49?/m0/s1. The summed E-state index contributed by atoms with van der Waals surface area (Å²) in [6, 6.07) is 33.2. The third-order valence-electron chi connectivity index (χ3n) is 11.8. The lowest BCUT2D eigenvalue weighted by Gasteiger charge is -2.34. The summed E-state index contributed by atoms with van der Waals surface area (Å²) in [5, 5.41) is 0. The number of carbonyl (C=O) groups excluding carboxylic acids is 2. The molecule has 1 fully saturated rings. The molecule has 312 valence electrons. The van der Waals surface area contributed by atoms with Gasteiger partial charge in [-0.1, -0.05) is 112 Å². The number of amides is 2. The van der Waals surface area contributed by atoms with Gasteiger partial charge < -0.3 is 19.8 Å². The van der Waals surface area contributed by atoms with Crippen LogP contribution in [0.4, 0.5) is 0 Å². The fraction of sp³-hybridized carbons (Fsp3) is 0.333. The zero-order valence-electron chi connectivity index (χ0n) is 35.8. The second-order valence-electron chi connectivity index (χ2n) is 15.4. The van der Waals surface area contributed by atoms with Gasteiger partial charge in [0.15, 0.2) is 0 Å². The molecule has 10 nitrogen and oxygen atoms in total. The maximum atomic E-state index is 14.4. The van der Waals surface area contributed by atoms with Crippen LogP contribution in [0.5, 0.6) is 0 Å². The summed E-state index contributed by atoms with van der Waals surface area (Å²) in [7, 11) is 0. The van der Waals surface area contributed by atoms with Gasteiger partial charge in [0.2, 0.25) is 11.8 Å². The number of likely N-dealkylation sites (N-methyl/N-ethyl adjacent to an activating group) is 2. The maximum absolute atomic E-state index is 14.4. The molecule has 2 aromatic heterocycles. The monoisotopic (exact) mass is 812 g/mol. The molecule has 7 rings (SSSR count). The molecule has 0 saturated carbocycles. The third-order valence-corrected chi connectivity index (χ3v) is 11.8. The number of aromatic nitrogens is 4. The molecule has 2 N–H and O–H groups in total. The van der Waals surface area contributed by atoms with Gasteiger partial charge in [0.05, 0.1) is 41.3 Å². The lowest BCUT2D eigenvalue weighted by Crippen LogP contribution is -2.43. The van der Waals surface area contributed by atoms with Gasteiger partial charge >= 0.3 is 0 Å². The molecular weight excluding hydrogens is 757 g/mol. The Morgan fingerprint density at radius 2 is 1.48 bits per heavy atom. The number of aromatic amines is 2. The molecule has 61 heavy (non-hydrogen) atoms. The topological polar surface area (TPSA) is 104 Å². The molecule has 3 heterocycles. The number of benzene rings is 4. The summed E-state index contributed by atoms with van der Waals surface area (Å²) >= 11 is 0. The van der Waals surface area contributed by atoms with Gasteiger partial charge in [0, 0.05) is 36.2 Å². The Morgan fingerprint density at radius 3 is 2.15 bits per heavy atom. The van der Waals surface area contributed by atoms with Crippen LogP contribution in [-0.2, 0) is 16.1 Å². The van der Waals surface area contributed by atoms with Crippen molar-refractivity contribution in [1.82, 2.24) is 39.5 Å². The Labute approximate surface area is 360 Å². The SMILES string of the molecule is C#CCCN(Cc1nc2ccc(C#Cc3cccc(-c4nc[nH]c4[C@@H]4CCCN4C(=O)C(c4ccccc4)N(CC)CC)c3)cc2[nH]1)C(=O)[C@@H](c1ccccc1)N(CC)CC. The number of carbonyl (C=O) groups is 2. The molecule has 6 aromatic rings. The van der Waals surface area contributed by atoms with E-state index in [4.69, 9.17) is 16.4 Å². The van der Waals surface area contributed by atoms with E-state index in [1.165, 1.54) is 0 Å². The molecule has 10 heteroatoms. The average Bonchev–Trinajstić information content (AvgIpc) is 4.08. The summed E-state index contributed by atoms with van der Waals surface area (Å²) < 4.78 is 0. The van der Waals surface area contributed by atoms with E-state index in [0.29, 0.717) is 31.9 Å². The lowest BCUT2D eigenvalue weighted by atomic mass is 10.00. The first-order valence-corrected chi connectivity index (χ1v) is 21.6. The van der Waals surface area contributed by atoms with Crippen LogP contribution in [0.2, 0.25) is 0 Å². The molecule has 0 aliphatic carbocycles. The van der Waals surface area contributed by atoms with Crippen LogP contribution in [0.15, 0.2) is 109 Å². The van der Waals surface area contributed by atoms with E-state index in [0.717, 1.165) is 89.3 Å². The fourth-order valence-electron chi connectivity index (χ4n) is 8.67. The van der Waals surface area contributed by atoms with E-state index in [9.17, 15) is 9.59 Å². The first kappa shape index (κ1) is 42.7. The molecule has 2 amide bonds. The molecular formula is C51H56N8O2. The van der Waals surface area contributed by atoms with Crippen LogP contribution < -0.4 is 0 Å². The largest absolute Gasteiger partial charge is 0.346 e. The number of rotatable bonds is 16. The second-order valence-corrected chi connectivity index (χ2v) is 15.4. The van der Waals surface area contributed by atoms with E-state index < -0.39 is 6.04 Å². The fourth-order valence-corrected chi connectivity index (χ4v) is 8.67. The Hall–Kier alpha value is -6.46. The number of fused-ring (bicyclic) bond motifs is 1. The normalized spacial score (nSPS) is 14.8. The van der Waals surface area contributed by atoms with Gasteiger partial charge in [-0.2, -0.15) is 0 Å². The van der Waals surface area contributed by atoms with E-state index in [2.05, 4.69) is 89.5 Å². The van der Waals surface area contributed by atoms with Gasteiger partial charge in [-0.15, -0.1) is 12.3 Å². The highest BCUT2D eigenvalue weighted by Crippen LogP contribution is 2.38. The summed E-state index contributed by atoms with van der Waals surface area (Å²) in [6.07, 6.45) is 9.65. The van der Waals surface area contributed by atoms with Crippen molar-refractivity contribution < 1.29 is 9.59 Å². The van der Waals surface area contributed by atoms with Crippen molar-refractivity contribution in [3.05, 3.63) is 143 Å². The molecule has 1 aliphatic rings. The van der Waals surface area contributed by atoms with Crippen molar-refractivity contribution >= 4 is 22.8 Å². The zero-order valence-corrected chi connectivity index (χ0v) is 35.8. The summed E-state index contributed by atoms with van der Waals surface area (Å²) in [4.78, 5) is 53.5. The van der Waals surface area contributed by atoms with Crippen molar-refractivity contribution in [1.29, 1.82) is 0 Å². The van der Waals surface area contributed by atoms with E-state index >= 15 is 0 Å². The molecule has 3 atom stereocenters. The number of hydrogen-bond donors (Lipinski definition) is 2. The zero-order chi connectivity index (χ0) is 42.7. The number of nitrogens with zero attached hydrogens (tertiary/aromatic N) is 6. The van der Waals surface area contributed by atoms with E-state index in [1.54, 1.807) is 6.33 Å². The van der Waals surface area contributed by atoms with E-state index in [1.807, 2.05) is 88.7 Å². The predicted molar refractivity (Wildman–Crippen MR) is 243 cm³/mol. The van der Waals surface area contributed by atoms with Gasteiger partial charge in [-0.25, -0.2) is 9.97 Å². The average molecular weight is 813 g/mol. The Kier molecular flexibility index (Phi) is 14.1. The van der Waals surface area contributed by atoms with Crippen molar-refractivity contribution in [3.63, 3.8) is 0 Å². The minimum atomic E-state index is -0.421. The summed E-state index contributed by atoms with van der Waals surface area (Å²) in [6.45, 7) is 12.9. The van der Waals surface area contributed by atoms with Crippen LogP contribution in [0.25, 0.3) is 22.3 Å². The Balaban J connectivity index is 1.09. The van der Waals surface area contributed by atoms with Gasteiger partial charge in [-0.05, 0) is 80.5 Å². The first-order valence-electron chi connectivity index (χ1n) is 21.6. The molecule has 4 aromatic carbocycles. The number of hydrogen-bond acceptors (Lipinski definition) is 6. The van der Waals surface area contributed by atoms with Crippen LogP contribution >= 0.6 is 0 Å². The maximum Gasteiger partial charge on any atom is 0.245 e. The van der Waals surface area contributed by atoms with Gasteiger partial charge in [0.25, 0.3) is 0 Å². The molecule has 0 spiro atoms.